The van der Waals surface area contributed by atoms with Crippen LogP contribution in [-0.4, -0.2) is 21.0 Å². The molecule has 2 rings (SSSR count). The number of benzene rings is 1. The Bertz CT molecular complexity index is 538. The smallest absolute Gasteiger partial charge is 0.240 e. The zero-order valence-electron chi connectivity index (χ0n) is 11.0. The molecular formula is C13H20N2O2S. The summed E-state index contributed by atoms with van der Waals surface area (Å²) < 4.78 is 27.1. The van der Waals surface area contributed by atoms with Crippen molar-refractivity contribution < 1.29 is 8.42 Å². The van der Waals surface area contributed by atoms with Crippen LogP contribution in [0.3, 0.4) is 0 Å². The van der Waals surface area contributed by atoms with Crippen LogP contribution in [0.2, 0.25) is 0 Å². The Morgan fingerprint density at radius 2 is 2.00 bits per heavy atom. The van der Waals surface area contributed by atoms with Gasteiger partial charge in [-0.15, -0.1) is 0 Å². The molecule has 1 aromatic rings. The van der Waals surface area contributed by atoms with E-state index in [0.29, 0.717) is 4.90 Å². The van der Waals surface area contributed by atoms with Gasteiger partial charge in [0.2, 0.25) is 10.0 Å². The quantitative estimate of drug-likeness (QED) is 0.878. The van der Waals surface area contributed by atoms with E-state index in [1.165, 1.54) is 0 Å². The van der Waals surface area contributed by atoms with Gasteiger partial charge in [0.05, 0.1) is 4.90 Å². The first-order valence-electron chi connectivity index (χ1n) is 6.29. The number of rotatable bonds is 4. The summed E-state index contributed by atoms with van der Waals surface area (Å²) in [5.41, 5.74) is 2.13. The van der Waals surface area contributed by atoms with Gasteiger partial charge in [-0.2, -0.15) is 0 Å². The van der Waals surface area contributed by atoms with Crippen LogP contribution in [0.1, 0.15) is 26.3 Å². The van der Waals surface area contributed by atoms with Crippen molar-refractivity contribution >= 4 is 15.7 Å². The zero-order valence-corrected chi connectivity index (χ0v) is 11.8. The average Bonchev–Trinajstić information content (AvgIpc) is 2.74. The lowest BCUT2D eigenvalue weighted by atomic mass is 10.1. The third-order valence-corrected chi connectivity index (χ3v) is 4.99. The maximum absolute atomic E-state index is 12.2. The SMILES string of the molecule is CC(C)C(C)NS(=O)(=O)c1ccc2c(c1)CCN2. The van der Waals surface area contributed by atoms with E-state index in [1.54, 1.807) is 12.1 Å². The molecule has 1 aliphatic rings. The van der Waals surface area contributed by atoms with E-state index in [9.17, 15) is 8.42 Å². The molecule has 0 bridgehead atoms. The van der Waals surface area contributed by atoms with Gasteiger partial charge >= 0.3 is 0 Å². The van der Waals surface area contributed by atoms with Gasteiger partial charge in [-0.1, -0.05) is 13.8 Å². The molecule has 1 heterocycles. The summed E-state index contributed by atoms with van der Waals surface area (Å²) in [6.07, 6.45) is 0.887. The molecule has 2 N–H and O–H groups in total. The largest absolute Gasteiger partial charge is 0.384 e. The molecular weight excluding hydrogens is 248 g/mol. The molecule has 1 aromatic carbocycles. The molecule has 5 heteroatoms. The first-order chi connectivity index (χ1) is 8.40. The van der Waals surface area contributed by atoms with E-state index >= 15 is 0 Å². The Hall–Kier alpha value is -1.07. The Morgan fingerprint density at radius 3 is 2.67 bits per heavy atom. The predicted octanol–water partition coefficient (Wildman–Crippen LogP) is 1.98. The van der Waals surface area contributed by atoms with Crippen molar-refractivity contribution in [1.29, 1.82) is 0 Å². The highest BCUT2D eigenvalue weighted by molar-refractivity contribution is 7.89. The highest BCUT2D eigenvalue weighted by Gasteiger charge is 2.21. The lowest BCUT2D eigenvalue weighted by molar-refractivity contribution is 0.476. The number of fused-ring (bicyclic) bond motifs is 1. The lowest BCUT2D eigenvalue weighted by Crippen LogP contribution is -2.36. The van der Waals surface area contributed by atoms with Gasteiger partial charge in [-0.3, -0.25) is 0 Å². The molecule has 1 aliphatic heterocycles. The number of hydrogen-bond acceptors (Lipinski definition) is 3. The lowest BCUT2D eigenvalue weighted by Gasteiger charge is -2.17. The monoisotopic (exact) mass is 268 g/mol. The van der Waals surface area contributed by atoms with Crippen molar-refractivity contribution in [3.63, 3.8) is 0 Å². The van der Waals surface area contributed by atoms with Crippen molar-refractivity contribution in [3.8, 4) is 0 Å². The number of sulfonamides is 1. The van der Waals surface area contributed by atoms with Gasteiger partial charge in [0.25, 0.3) is 0 Å². The van der Waals surface area contributed by atoms with E-state index in [2.05, 4.69) is 10.0 Å². The van der Waals surface area contributed by atoms with Gasteiger partial charge < -0.3 is 5.32 Å². The fourth-order valence-corrected chi connectivity index (χ4v) is 3.34. The second-order valence-electron chi connectivity index (χ2n) is 5.15. The van der Waals surface area contributed by atoms with Crippen molar-refractivity contribution in [2.24, 2.45) is 5.92 Å². The fourth-order valence-electron chi connectivity index (χ4n) is 1.90. The standard InChI is InChI=1S/C13H20N2O2S/c1-9(2)10(3)15-18(16,17)12-4-5-13-11(8-12)6-7-14-13/h4-5,8-10,14-15H,6-7H2,1-3H3. The van der Waals surface area contributed by atoms with E-state index in [1.807, 2.05) is 26.8 Å². The van der Waals surface area contributed by atoms with Crippen LogP contribution in [0.25, 0.3) is 0 Å². The van der Waals surface area contributed by atoms with Gasteiger partial charge in [-0.25, -0.2) is 13.1 Å². The first kappa shape index (κ1) is 13.4. The summed E-state index contributed by atoms with van der Waals surface area (Å²) in [5.74, 6) is 0.274. The van der Waals surface area contributed by atoms with Gasteiger partial charge in [0.1, 0.15) is 0 Å². The van der Waals surface area contributed by atoms with Crippen LogP contribution in [0, 0.1) is 5.92 Å². The van der Waals surface area contributed by atoms with E-state index < -0.39 is 10.0 Å². The first-order valence-corrected chi connectivity index (χ1v) is 7.77. The second-order valence-corrected chi connectivity index (χ2v) is 6.86. The topological polar surface area (TPSA) is 58.2 Å². The van der Waals surface area contributed by atoms with Crippen molar-refractivity contribution in [2.75, 3.05) is 11.9 Å². The Morgan fingerprint density at radius 1 is 1.28 bits per heavy atom. The van der Waals surface area contributed by atoms with Gasteiger partial charge in [-0.05, 0) is 43.0 Å². The van der Waals surface area contributed by atoms with Crippen molar-refractivity contribution in [2.45, 2.75) is 38.1 Å². The molecule has 0 saturated heterocycles. The average molecular weight is 268 g/mol. The third-order valence-electron chi connectivity index (χ3n) is 3.44. The van der Waals surface area contributed by atoms with E-state index in [4.69, 9.17) is 0 Å². The Balaban J connectivity index is 2.25. The summed E-state index contributed by atoms with van der Waals surface area (Å²) in [7, 11) is -3.40. The van der Waals surface area contributed by atoms with Crippen LogP contribution in [-0.2, 0) is 16.4 Å². The van der Waals surface area contributed by atoms with E-state index in [-0.39, 0.29) is 12.0 Å². The van der Waals surface area contributed by atoms with Gasteiger partial charge in [0, 0.05) is 18.3 Å². The maximum atomic E-state index is 12.2. The summed E-state index contributed by atoms with van der Waals surface area (Å²) in [4.78, 5) is 0.359. The van der Waals surface area contributed by atoms with E-state index in [0.717, 1.165) is 24.2 Å². The highest BCUT2D eigenvalue weighted by Crippen LogP contribution is 2.25. The maximum Gasteiger partial charge on any atom is 0.240 e. The molecule has 0 fully saturated rings. The normalized spacial score (nSPS) is 16.4. The summed E-state index contributed by atoms with van der Waals surface area (Å²) in [5, 5.41) is 3.22. The van der Waals surface area contributed by atoms with Crippen LogP contribution in [0.5, 0.6) is 0 Å². The predicted molar refractivity (Wildman–Crippen MR) is 73.3 cm³/mol. The summed E-state index contributed by atoms with van der Waals surface area (Å²) in [6, 6.07) is 5.20. The number of anilines is 1. The van der Waals surface area contributed by atoms with Crippen LogP contribution in [0.15, 0.2) is 23.1 Å². The minimum Gasteiger partial charge on any atom is -0.384 e. The van der Waals surface area contributed by atoms with Gasteiger partial charge in [0.15, 0.2) is 0 Å². The van der Waals surface area contributed by atoms with Crippen LogP contribution < -0.4 is 10.0 Å². The third kappa shape index (κ3) is 2.67. The Kier molecular flexibility index (Phi) is 3.64. The zero-order chi connectivity index (χ0) is 13.3. The Labute approximate surface area is 109 Å². The number of hydrogen-bond donors (Lipinski definition) is 2. The molecule has 0 spiro atoms. The summed E-state index contributed by atoms with van der Waals surface area (Å²) >= 11 is 0. The summed E-state index contributed by atoms with van der Waals surface area (Å²) in [6.45, 7) is 6.77. The minimum absolute atomic E-state index is 0.0682. The molecule has 4 nitrogen and oxygen atoms in total. The fraction of sp³-hybridized carbons (Fsp3) is 0.538. The molecule has 0 radical (unpaired) electrons. The van der Waals surface area contributed by atoms with Crippen LogP contribution in [0.4, 0.5) is 5.69 Å². The second kappa shape index (κ2) is 4.90. The van der Waals surface area contributed by atoms with Crippen LogP contribution >= 0.6 is 0 Å². The minimum atomic E-state index is -3.40. The molecule has 1 atom stereocenters. The molecule has 18 heavy (non-hydrogen) atoms. The molecule has 0 saturated carbocycles. The molecule has 0 amide bonds. The van der Waals surface area contributed by atoms with Crippen molar-refractivity contribution in [3.05, 3.63) is 23.8 Å². The number of nitrogens with one attached hydrogen (secondary N) is 2. The molecule has 1 unspecified atom stereocenters. The molecule has 0 aromatic heterocycles. The molecule has 100 valence electrons. The van der Waals surface area contributed by atoms with Crippen molar-refractivity contribution in [1.82, 2.24) is 4.72 Å². The molecule has 0 aliphatic carbocycles. The highest BCUT2D eigenvalue weighted by atomic mass is 32.2.